The maximum atomic E-state index is 13.0. The molecule has 5 unspecified atom stereocenters. The Bertz CT molecular complexity index is 2430. The van der Waals surface area contributed by atoms with Crippen LogP contribution < -0.4 is 10.5 Å². The Hall–Kier alpha value is -6.80. The number of cyclic esters (lactones) is 2. The van der Waals surface area contributed by atoms with Gasteiger partial charge in [0.25, 0.3) is 0 Å². The fourth-order valence-electron chi connectivity index (χ4n) is 7.89. The third-order valence-corrected chi connectivity index (χ3v) is 11.1. The van der Waals surface area contributed by atoms with E-state index >= 15 is 0 Å². The highest BCUT2D eigenvalue weighted by molar-refractivity contribution is 5.78. The summed E-state index contributed by atoms with van der Waals surface area (Å²) in [7, 11) is 3.84. The van der Waals surface area contributed by atoms with Gasteiger partial charge in [-0.25, -0.2) is 0 Å². The van der Waals surface area contributed by atoms with Crippen molar-refractivity contribution >= 4 is 17.9 Å². The Morgan fingerprint density at radius 1 is 0.677 bits per heavy atom. The number of aryl methyl sites for hydroxylation is 1. The van der Waals surface area contributed by atoms with Crippen molar-refractivity contribution in [2.24, 2.45) is 5.73 Å². The number of nitrogens with zero attached hydrogens (tertiary/aromatic N) is 2. The van der Waals surface area contributed by atoms with Crippen molar-refractivity contribution < 1.29 is 46.9 Å². The molecule has 0 amide bonds. The SMILES string of the molecule is CN1C(c2ccccc2)C(c2ccccc2)OC(=O)[C@H]1Cc1ccc(OC(F)(F)F)cc1.CN1CC(=O)OC(c2ccccc2)C1c1ccccc1.Cc1ccc(CC(N)C(=O)O)cc1. The zero-order valence-electron chi connectivity index (χ0n) is 36.3. The highest BCUT2D eigenvalue weighted by Gasteiger charge is 2.43. The van der Waals surface area contributed by atoms with Crippen molar-refractivity contribution in [2.75, 3.05) is 20.6 Å². The van der Waals surface area contributed by atoms with Gasteiger partial charge < -0.3 is 25.1 Å². The second-order valence-corrected chi connectivity index (χ2v) is 15.9. The normalized spacial score (nSPS) is 20.4. The Morgan fingerprint density at radius 2 is 1.12 bits per heavy atom. The summed E-state index contributed by atoms with van der Waals surface area (Å²) in [5.41, 5.74) is 12.3. The monoisotopic (exact) mass is 887 g/mol. The molecule has 65 heavy (non-hydrogen) atoms. The van der Waals surface area contributed by atoms with Crippen molar-refractivity contribution in [3.05, 3.63) is 209 Å². The van der Waals surface area contributed by atoms with E-state index in [1.54, 1.807) is 0 Å². The van der Waals surface area contributed by atoms with Crippen LogP contribution in [-0.2, 0) is 36.7 Å². The molecule has 0 aliphatic carbocycles. The van der Waals surface area contributed by atoms with Gasteiger partial charge in [0.2, 0.25) is 0 Å². The number of carboxylic acid groups (broad SMARTS) is 1. The van der Waals surface area contributed by atoms with Crippen LogP contribution in [0.3, 0.4) is 0 Å². The Labute approximate surface area is 377 Å². The van der Waals surface area contributed by atoms with E-state index in [4.69, 9.17) is 20.3 Å². The summed E-state index contributed by atoms with van der Waals surface area (Å²) in [6, 6.07) is 51.2. The molecule has 0 aromatic heterocycles. The summed E-state index contributed by atoms with van der Waals surface area (Å²) in [5.74, 6) is -1.80. The summed E-state index contributed by atoms with van der Waals surface area (Å²) >= 11 is 0. The van der Waals surface area contributed by atoms with Gasteiger partial charge in [-0.3, -0.25) is 24.2 Å². The largest absolute Gasteiger partial charge is 0.573 e. The van der Waals surface area contributed by atoms with Crippen molar-refractivity contribution in [2.45, 2.75) is 62.5 Å². The number of carbonyl (C=O) groups excluding carboxylic acids is 2. The first-order valence-electron chi connectivity index (χ1n) is 21.1. The zero-order valence-corrected chi connectivity index (χ0v) is 36.3. The predicted octanol–water partition coefficient (Wildman–Crippen LogP) is 9.37. The molecule has 2 saturated heterocycles. The van der Waals surface area contributed by atoms with Gasteiger partial charge in [-0.15, -0.1) is 13.2 Å². The quantitative estimate of drug-likeness (QED) is 0.128. The maximum Gasteiger partial charge on any atom is 0.573 e. The summed E-state index contributed by atoms with van der Waals surface area (Å²) in [4.78, 5) is 39.2. The summed E-state index contributed by atoms with van der Waals surface area (Å²) in [6.07, 6.45) is -4.80. The molecule has 2 aliphatic rings. The van der Waals surface area contributed by atoms with Crippen LogP contribution in [-0.4, -0.2) is 71.9 Å². The summed E-state index contributed by atoms with van der Waals surface area (Å²) < 4.78 is 52.7. The molecular formula is C52H52F3N3O7. The van der Waals surface area contributed by atoms with Gasteiger partial charge in [0.05, 0.1) is 18.6 Å². The number of nitrogens with two attached hydrogens (primary N) is 1. The maximum absolute atomic E-state index is 13.0. The van der Waals surface area contributed by atoms with E-state index in [-0.39, 0.29) is 35.9 Å². The highest BCUT2D eigenvalue weighted by atomic mass is 19.4. The smallest absolute Gasteiger partial charge is 0.480 e. The topological polar surface area (TPSA) is 132 Å². The first-order chi connectivity index (χ1) is 31.2. The molecule has 6 aromatic carbocycles. The summed E-state index contributed by atoms with van der Waals surface area (Å²) in [5, 5.41) is 8.57. The number of carbonyl (C=O) groups is 3. The van der Waals surface area contributed by atoms with E-state index in [2.05, 4.69) is 21.8 Å². The lowest BCUT2D eigenvalue weighted by molar-refractivity contribution is -0.274. The lowest BCUT2D eigenvalue weighted by Crippen LogP contribution is -2.50. The molecule has 0 radical (unpaired) electrons. The first-order valence-corrected chi connectivity index (χ1v) is 21.1. The van der Waals surface area contributed by atoms with Crippen LogP contribution in [0.1, 0.15) is 63.2 Å². The van der Waals surface area contributed by atoms with Crippen LogP contribution in [0.5, 0.6) is 5.75 Å². The molecule has 3 N–H and O–H groups in total. The minimum Gasteiger partial charge on any atom is -0.480 e. The fraction of sp³-hybridized carbons (Fsp3) is 0.250. The average Bonchev–Trinajstić information content (AvgIpc) is 3.30. The third kappa shape index (κ3) is 13.4. The molecule has 2 heterocycles. The molecule has 0 bridgehead atoms. The molecule has 13 heteroatoms. The Morgan fingerprint density at radius 3 is 1.60 bits per heavy atom. The number of hydrogen-bond acceptors (Lipinski definition) is 9. The van der Waals surface area contributed by atoms with E-state index < -0.39 is 30.5 Å². The van der Waals surface area contributed by atoms with Crippen LogP contribution in [0, 0.1) is 6.92 Å². The van der Waals surface area contributed by atoms with Crippen molar-refractivity contribution in [3.63, 3.8) is 0 Å². The second kappa shape index (κ2) is 22.2. The minimum atomic E-state index is -4.75. The molecule has 6 aromatic rings. The molecule has 10 nitrogen and oxygen atoms in total. The summed E-state index contributed by atoms with van der Waals surface area (Å²) in [6.45, 7) is 2.31. The minimum absolute atomic E-state index is 0.0521. The van der Waals surface area contributed by atoms with Crippen LogP contribution in [0.2, 0.25) is 0 Å². The van der Waals surface area contributed by atoms with Crippen LogP contribution >= 0.6 is 0 Å². The molecular weight excluding hydrogens is 836 g/mol. The molecule has 2 fully saturated rings. The number of halogens is 3. The van der Waals surface area contributed by atoms with Crippen molar-refractivity contribution in [3.8, 4) is 5.75 Å². The van der Waals surface area contributed by atoms with Gasteiger partial charge in [-0.1, -0.05) is 163 Å². The van der Waals surface area contributed by atoms with Gasteiger partial charge in [0.1, 0.15) is 30.0 Å². The number of ether oxygens (including phenoxy) is 3. The van der Waals surface area contributed by atoms with Gasteiger partial charge in [-0.05, 0) is 79.4 Å². The van der Waals surface area contributed by atoms with E-state index in [9.17, 15) is 27.6 Å². The Kier molecular flexibility index (Phi) is 16.3. The molecule has 6 atom stereocenters. The number of esters is 2. The number of rotatable bonds is 10. The number of carboxylic acids is 1. The molecule has 0 spiro atoms. The standard InChI is InChI=1S/C25H22F3NO3.C17H17NO2.C10H13NO2/c1-29-21(16-17-12-14-20(15-13-17)32-25(26,27)28)24(30)31-23(19-10-6-3-7-11-19)22(29)18-8-4-2-5-9-18;1-18-12-15(19)20-17(14-10-6-3-7-11-14)16(18)13-8-4-2-5-9-13;1-7-2-4-8(5-3-7)6-9(11)10(12)13/h2-15,21-23H,16H2,1H3;2-11,16-17H,12H2,1H3;2-5,9H,6,11H2,1H3,(H,12,13)/t21-,22?,23?;;/m1../s1. The average molecular weight is 888 g/mol. The van der Waals surface area contributed by atoms with E-state index in [1.807, 2.05) is 159 Å². The first kappa shape index (κ1) is 47.7. The number of likely N-dealkylation sites (N-methyl/N-ethyl adjacent to an activating group) is 2. The third-order valence-electron chi connectivity index (χ3n) is 11.1. The van der Waals surface area contributed by atoms with Gasteiger partial charge >= 0.3 is 24.3 Å². The lowest BCUT2D eigenvalue weighted by atomic mass is 9.90. The predicted molar refractivity (Wildman–Crippen MR) is 240 cm³/mol. The van der Waals surface area contributed by atoms with Gasteiger partial charge in [0, 0.05) is 0 Å². The van der Waals surface area contributed by atoms with Crippen molar-refractivity contribution in [1.29, 1.82) is 0 Å². The van der Waals surface area contributed by atoms with E-state index in [1.165, 1.54) is 24.3 Å². The molecule has 2 aliphatic heterocycles. The van der Waals surface area contributed by atoms with Crippen LogP contribution in [0.15, 0.2) is 170 Å². The number of hydrogen-bond donors (Lipinski definition) is 2. The van der Waals surface area contributed by atoms with Crippen LogP contribution in [0.4, 0.5) is 13.2 Å². The fourth-order valence-corrected chi connectivity index (χ4v) is 7.89. The molecule has 8 rings (SSSR count). The molecule has 338 valence electrons. The van der Waals surface area contributed by atoms with E-state index in [0.29, 0.717) is 24.9 Å². The molecule has 0 saturated carbocycles. The van der Waals surface area contributed by atoms with Gasteiger partial charge in [-0.2, -0.15) is 0 Å². The lowest BCUT2D eigenvalue weighted by Gasteiger charge is -2.43. The Balaban J connectivity index is 0.000000180. The number of benzene rings is 6. The van der Waals surface area contributed by atoms with Gasteiger partial charge in [0.15, 0.2) is 0 Å². The zero-order chi connectivity index (χ0) is 46.5. The second-order valence-electron chi connectivity index (χ2n) is 15.9. The number of morpholine rings is 2. The highest BCUT2D eigenvalue weighted by Crippen LogP contribution is 2.42. The number of alkyl halides is 3. The van der Waals surface area contributed by atoms with Crippen LogP contribution in [0.25, 0.3) is 0 Å². The number of aliphatic carboxylic acids is 1. The van der Waals surface area contributed by atoms with Crippen molar-refractivity contribution in [1.82, 2.24) is 9.80 Å². The van der Waals surface area contributed by atoms with E-state index in [0.717, 1.165) is 33.4 Å².